The molecule has 1 aliphatic rings. The molecule has 1 saturated heterocycles. The van der Waals surface area contributed by atoms with E-state index in [0.29, 0.717) is 12.5 Å². The lowest BCUT2D eigenvalue weighted by Crippen LogP contribution is -2.55. The molecule has 0 aromatic rings. The molecule has 0 radical (unpaired) electrons. The minimum absolute atomic E-state index is 0.0861. The normalized spacial score (nSPS) is 24.5. The van der Waals surface area contributed by atoms with Crippen LogP contribution in [0.15, 0.2) is 0 Å². The van der Waals surface area contributed by atoms with E-state index < -0.39 is 0 Å². The molecule has 0 bridgehead atoms. The van der Waals surface area contributed by atoms with Gasteiger partial charge in [-0.25, -0.2) is 0 Å². The molecule has 0 aromatic carbocycles. The maximum atomic E-state index is 6.01. The van der Waals surface area contributed by atoms with E-state index in [-0.39, 0.29) is 5.54 Å². The van der Waals surface area contributed by atoms with Crippen LogP contribution < -0.4 is 5.73 Å². The summed E-state index contributed by atoms with van der Waals surface area (Å²) in [6.07, 6.45) is 2.33. The molecular weight excluding hydrogens is 214 g/mol. The van der Waals surface area contributed by atoms with Gasteiger partial charge in [0, 0.05) is 24.6 Å². The Bertz CT molecular complexity index is 217. The van der Waals surface area contributed by atoms with Crippen molar-refractivity contribution in [2.24, 2.45) is 11.7 Å². The third kappa shape index (κ3) is 3.91. The highest BCUT2D eigenvalue weighted by Crippen LogP contribution is 2.29. The van der Waals surface area contributed by atoms with Crippen molar-refractivity contribution in [2.45, 2.75) is 25.3 Å². The van der Waals surface area contributed by atoms with E-state index in [4.69, 9.17) is 10.5 Å². The van der Waals surface area contributed by atoms with E-state index in [0.717, 1.165) is 32.7 Å². The fraction of sp³-hybridized carbons (Fsp3) is 1.00. The van der Waals surface area contributed by atoms with Crippen molar-refractivity contribution in [1.82, 2.24) is 9.80 Å². The van der Waals surface area contributed by atoms with Crippen LogP contribution in [0.25, 0.3) is 0 Å². The zero-order valence-corrected chi connectivity index (χ0v) is 11.9. The van der Waals surface area contributed by atoms with Gasteiger partial charge in [0.15, 0.2) is 0 Å². The van der Waals surface area contributed by atoms with E-state index in [1.54, 1.807) is 0 Å². The number of ether oxygens (including phenoxy) is 1. The summed E-state index contributed by atoms with van der Waals surface area (Å²) < 4.78 is 5.51. The molecule has 0 aromatic heterocycles. The summed E-state index contributed by atoms with van der Waals surface area (Å²) in [5, 5.41) is 0. The van der Waals surface area contributed by atoms with Gasteiger partial charge in [0.2, 0.25) is 0 Å². The molecule has 2 N–H and O–H groups in total. The highest BCUT2D eigenvalue weighted by Gasteiger charge is 2.38. The van der Waals surface area contributed by atoms with E-state index in [9.17, 15) is 0 Å². The molecule has 102 valence electrons. The van der Waals surface area contributed by atoms with Gasteiger partial charge in [-0.2, -0.15) is 0 Å². The van der Waals surface area contributed by atoms with Crippen LogP contribution >= 0.6 is 0 Å². The molecule has 0 amide bonds. The van der Waals surface area contributed by atoms with Gasteiger partial charge >= 0.3 is 0 Å². The standard InChI is InChI=1S/C13H29N3O/c1-13(11-14,12-6-9-17-10-12)16(4)8-5-7-15(2)3/h12H,5-11,14H2,1-4H3. The van der Waals surface area contributed by atoms with Gasteiger partial charge in [-0.05, 0) is 54.0 Å². The molecule has 2 unspecified atom stereocenters. The fourth-order valence-corrected chi connectivity index (χ4v) is 2.54. The van der Waals surface area contributed by atoms with Gasteiger partial charge in [-0.1, -0.05) is 0 Å². The largest absolute Gasteiger partial charge is 0.381 e. The first kappa shape index (κ1) is 14.9. The summed E-state index contributed by atoms with van der Waals surface area (Å²) in [6, 6.07) is 0. The van der Waals surface area contributed by atoms with Crippen LogP contribution in [0, 0.1) is 5.92 Å². The zero-order chi connectivity index (χ0) is 12.9. The highest BCUT2D eigenvalue weighted by molar-refractivity contribution is 4.94. The molecule has 1 heterocycles. The molecule has 4 heteroatoms. The summed E-state index contributed by atoms with van der Waals surface area (Å²) in [5.41, 5.74) is 6.10. The summed E-state index contributed by atoms with van der Waals surface area (Å²) in [6.45, 7) is 6.98. The Morgan fingerprint density at radius 3 is 2.47 bits per heavy atom. The summed E-state index contributed by atoms with van der Waals surface area (Å²) >= 11 is 0. The average Bonchev–Trinajstić information content (AvgIpc) is 2.81. The first-order valence-corrected chi connectivity index (χ1v) is 6.64. The topological polar surface area (TPSA) is 41.7 Å². The van der Waals surface area contributed by atoms with Crippen LogP contribution in [0.1, 0.15) is 19.8 Å². The van der Waals surface area contributed by atoms with E-state index in [1.165, 1.54) is 6.42 Å². The Labute approximate surface area is 106 Å². The van der Waals surface area contributed by atoms with Crippen molar-refractivity contribution < 1.29 is 4.74 Å². The van der Waals surface area contributed by atoms with Gasteiger partial charge in [-0.15, -0.1) is 0 Å². The maximum absolute atomic E-state index is 6.01. The SMILES string of the molecule is CN(C)CCCN(C)C(C)(CN)C1CCOC1. The minimum Gasteiger partial charge on any atom is -0.381 e. The lowest BCUT2D eigenvalue weighted by molar-refractivity contribution is 0.0644. The number of likely N-dealkylation sites (N-methyl/N-ethyl adjacent to an activating group) is 1. The molecule has 0 spiro atoms. The van der Waals surface area contributed by atoms with Crippen molar-refractivity contribution >= 4 is 0 Å². The number of hydrogen-bond acceptors (Lipinski definition) is 4. The van der Waals surface area contributed by atoms with Crippen LogP contribution in [0.2, 0.25) is 0 Å². The van der Waals surface area contributed by atoms with Crippen LogP contribution in [-0.4, -0.2) is 69.3 Å². The van der Waals surface area contributed by atoms with Crippen molar-refractivity contribution in [1.29, 1.82) is 0 Å². The maximum Gasteiger partial charge on any atom is 0.0513 e. The quantitative estimate of drug-likeness (QED) is 0.712. The molecule has 2 atom stereocenters. The van der Waals surface area contributed by atoms with E-state index in [1.807, 2.05) is 0 Å². The lowest BCUT2D eigenvalue weighted by Gasteiger charge is -2.42. The Balaban J connectivity index is 2.46. The summed E-state index contributed by atoms with van der Waals surface area (Å²) in [5.74, 6) is 0.580. The van der Waals surface area contributed by atoms with Crippen LogP contribution in [-0.2, 0) is 4.74 Å². The predicted octanol–water partition coefficient (Wildman–Crippen LogP) is 0.624. The number of nitrogens with zero attached hydrogens (tertiary/aromatic N) is 2. The molecule has 0 aliphatic carbocycles. The van der Waals surface area contributed by atoms with E-state index >= 15 is 0 Å². The fourth-order valence-electron chi connectivity index (χ4n) is 2.54. The Kier molecular flexibility index (Phi) is 5.86. The molecular formula is C13H29N3O. The van der Waals surface area contributed by atoms with Crippen LogP contribution in [0.3, 0.4) is 0 Å². The van der Waals surface area contributed by atoms with E-state index in [2.05, 4.69) is 37.9 Å². The summed E-state index contributed by atoms with van der Waals surface area (Å²) in [7, 11) is 6.43. The smallest absolute Gasteiger partial charge is 0.0513 e. The first-order chi connectivity index (χ1) is 8.00. The minimum atomic E-state index is 0.0861. The average molecular weight is 243 g/mol. The zero-order valence-electron chi connectivity index (χ0n) is 11.9. The van der Waals surface area contributed by atoms with Crippen molar-refractivity contribution in [2.75, 3.05) is 54.0 Å². The number of rotatable bonds is 7. The van der Waals surface area contributed by atoms with Crippen molar-refractivity contribution in [3.05, 3.63) is 0 Å². The molecule has 1 fully saturated rings. The highest BCUT2D eigenvalue weighted by atomic mass is 16.5. The molecule has 4 nitrogen and oxygen atoms in total. The van der Waals surface area contributed by atoms with Crippen molar-refractivity contribution in [3.63, 3.8) is 0 Å². The molecule has 0 saturated carbocycles. The second-order valence-electron chi connectivity index (χ2n) is 5.70. The Morgan fingerprint density at radius 1 is 1.29 bits per heavy atom. The molecule has 17 heavy (non-hydrogen) atoms. The number of hydrogen-bond donors (Lipinski definition) is 1. The lowest BCUT2D eigenvalue weighted by atomic mass is 9.83. The van der Waals surface area contributed by atoms with Gasteiger partial charge in [-0.3, -0.25) is 4.90 Å². The number of nitrogens with two attached hydrogens (primary N) is 1. The van der Waals surface area contributed by atoms with Crippen LogP contribution in [0.4, 0.5) is 0 Å². The predicted molar refractivity (Wildman–Crippen MR) is 72.2 cm³/mol. The van der Waals surface area contributed by atoms with Gasteiger partial charge < -0.3 is 15.4 Å². The van der Waals surface area contributed by atoms with Gasteiger partial charge in [0.1, 0.15) is 0 Å². The Morgan fingerprint density at radius 2 is 2.00 bits per heavy atom. The monoisotopic (exact) mass is 243 g/mol. The van der Waals surface area contributed by atoms with Crippen LogP contribution in [0.5, 0.6) is 0 Å². The third-order valence-corrected chi connectivity index (χ3v) is 4.19. The van der Waals surface area contributed by atoms with Gasteiger partial charge in [0.25, 0.3) is 0 Å². The Hall–Kier alpha value is -0.160. The first-order valence-electron chi connectivity index (χ1n) is 6.64. The molecule has 1 rings (SSSR count). The second kappa shape index (κ2) is 6.69. The van der Waals surface area contributed by atoms with Gasteiger partial charge in [0.05, 0.1) is 6.61 Å². The summed E-state index contributed by atoms with van der Waals surface area (Å²) in [4.78, 5) is 4.65. The van der Waals surface area contributed by atoms with Crippen molar-refractivity contribution in [3.8, 4) is 0 Å². The molecule has 1 aliphatic heterocycles. The second-order valence-corrected chi connectivity index (χ2v) is 5.70. The third-order valence-electron chi connectivity index (χ3n) is 4.19.